The lowest BCUT2D eigenvalue weighted by Crippen LogP contribution is -2.21. The largest absolute Gasteiger partial charge is 0.481 e. The van der Waals surface area contributed by atoms with Gasteiger partial charge in [-0.15, -0.1) is 12.4 Å². The second-order valence-corrected chi connectivity index (χ2v) is 5.61. The molecule has 1 aliphatic rings. The van der Waals surface area contributed by atoms with Gasteiger partial charge in [0.15, 0.2) is 0 Å². The standard InChI is InChI=1S/C15H28O2.ClH/c1-2-3-4-5-6-7-8-13-9-11-14(12-10-13)15(16)17;/h13-14H,2-12H2,1H3,(H,16,17);1H. The maximum absolute atomic E-state index is 10.8. The lowest BCUT2D eigenvalue weighted by molar-refractivity contribution is -0.143. The molecule has 0 amide bonds. The topological polar surface area (TPSA) is 37.3 Å². The molecule has 3 heteroatoms. The van der Waals surface area contributed by atoms with Crippen molar-refractivity contribution in [2.75, 3.05) is 0 Å². The van der Waals surface area contributed by atoms with Crippen LogP contribution in [0.1, 0.15) is 77.6 Å². The van der Waals surface area contributed by atoms with E-state index in [2.05, 4.69) is 6.92 Å². The van der Waals surface area contributed by atoms with Gasteiger partial charge in [0.25, 0.3) is 0 Å². The van der Waals surface area contributed by atoms with Crippen LogP contribution in [0.15, 0.2) is 0 Å². The fourth-order valence-corrected chi connectivity index (χ4v) is 2.91. The number of rotatable bonds is 8. The molecule has 2 nitrogen and oxygen atoms in total. The first kappa shape index (κ1) is 17.8. The maximum atomic E-state index is 10.8. The second kappa shape index (κ2) is 10.7. The molecule has 1 saturated carbocycles. The van der Waals surface area contributed by atoms with E-state index in [0.717, 1.165) is 31.6 Å². The average molecular weight is 277 g/mol. The lowest BCUT2D eigenvalue weighted by atomic mass is 9.80. The Morgan fingerprint density at radius 3 is 2.11 bits per heavy atom. The molecule has 108 valence electrons. The highest BCUT2D eigenvalue weighted by molar-refractivity contribution is 5.85. The normalized spacial score (nSPS) is 23.4. The van der Waals surface area contributed by atoms with Crippen LogP contribution in [0.25, 0.3) is 0 Å². The molecule has 0 aromatic rings. The first-order valence-electron chi connectivity index (χ1n) is 7.46. The van der Waals surface area contributed by atoms with Crippen LogP contribution >= 0.6 is 12.4 Å². The van der Waals surface area contributed by atoms with Crippen LogP contribution in [0.4, 0.5) is 0 Å². The number of aliphatic carboxylic acids is 1. The molecule has 1 N–H and O–H groups in total. The van der Waals surface area contributed by atoms with Crippen LogP contribution in [0.2, 0.25) is 0 Å². The number of unbranched alkanes of at least 4 members (excludes halogenated alkanes) is 5. The van der Waals surface area contributed by atoms with E-state index in [4.69, 9.17) is 5.11 Å². The van der Waals surface area contributed by atoms with E-state index in [1.807, 2.05) is 0 Å². The van der Waals surface area contributed by atoms with Crippen LogP contribution in [-0.2, 0) is 4.79 Å². The van der Waals surface area contributed by atoms with Gasteiger partial charge in [-0.25, -0.2) is 0 Å². The molecule has 1 aliphatic carbocycles. The van der Waals surface area contributed by atoms with Crippen molar-refractivity contribution in [2.24, 2.45) is 11.8 Å². The zero-order valence-corrected chi connectivity index (χ0v) is 12.5. The van der Waals surface area contributed by atoms with E-state index < -0.39 is 5.97 Å². The van der Waals surface area contributed by atoms with Gasteiger partial charge in [-0.1, -0.05) is 51.9 Å². The summed E-state index contributed by atoms with van der Waals surface area (Å²) in [4.78, 5) is 10.8. The van der Waals surface area contributed by atoms with Gasteiger partial charge in [-0.05, 0) is 31.6 Å². The van der Waals surface area contributed by atoms with E-state index in [1.165, 1.54) is 44.9 Å². The maximum Gasteiger partial charge on any atom is 0.306 e. The number of carboxylic acids is 1. The Morgan fingerprint density at radius 1 is 1.00 bits per heavy atom. The number of carbonyl (C=O) groups is 1. The monoisotopic (exact) mass is 276 g/mol. The van der Waals surface area contributed by atoms with Crippen LogP contribution in [0.5, 0.6) is 0 Å². The summed E-state index contributed by atoms with van der Waals surface area (Å²) in [5.74, 6) is 0.190. The molecule has 18 heavy (non-hydrogen) atoms. The molecule has 0 bridgehead atoms. The van der Waals surface area contributed by atoms with Crippen molar-refractivity contribution in [3.8, 4) is 0 Å². The summed E-state index contributed by atoms with van der Waals surface area (Å²) in [6.45, 7) is 2.25. The summed E-state index contributed by atoms with van der Waals surface area (Å²) in [5, 5.41) is 8.92. The molecule has 0 saturated heterocycles. The minimum Gasteiger partial charge on any atom is -0.481 e. The van der Waals surface area contributed by atoms with E-state index in [9.17, 15) is 4.79 Å². The molecule has 0 unspecified atom stereocenters. The van der Waals surface area contributed by atoms with E-state index in [0.29, 0.717) is 0 Å². The highest BCUT2D eigenvalue weighted by atomic mass is 35.5. The van der Waals surface area contributed by atoms with Gasteiger partial charge in [0, 0.05) is 0 Å². The van der Waals surface area contributed by atoms with Crippen molar-refractivity contribution in [3.63, 3.8) is 0 Å². The number of hydrogen-bond acceptors (Lipinski definition) is 1. The molecule has 0 aromatic heterocycles. The Morgan fingerprint density at radius 2 is 1.56 bits per heavy atom. The minimum absolute atomic E-state index is 0. The molecule has 0 heterocycles. The van der Waals surface area contributed by atoms with Crippen molar-refractivity contribution in [1.29, 1.82) is 0 Å². The van der Waals surface area contributed by atoms with Crippen molar-refractivity contribution >= 4 is 18.4 Å². The Hall–Kier alpha value is -0.240. The molecular weight excluding hydrogens is 248 g/mol. The second-order valence-electron chi connectivity index (χ2n) is 5.61. The van der Waals surface area contributed by atoms with Gasteiger partial charge >= 0.3 is 5.97 Å². The summed E-state index contributed by atoms with van der Waals surface area (Å²) in [6.07, 6.45) is 13.6. The van der Waals surface area contributed by atoms with Crippen LogP contribution < -0.4 is 0 Å². The molecule has 1 fully saturated rings. The third-order valence-corrected chi connectivity index (χ3v) is 4.16. The van der Waals surface area contributed by atoms with Gasteiger partial charge in [-0.2, -0.15) is 0 Å². The molecule has 0 aromatic carbocycles. The van der Waals surface area contributed by atoms with E-state index in [1.54, 1.807) is 0 Å². The minimum atomic E-state index is -0.581. The Labute approximate surface area is 118 Å². The Kier molecular flexibility index (Phi) is 10.5. The highest BCUT2D eigenvalue weighted by Crippen LogP contribution is 2.32. The Bertz CT molecular complexity index is 211. The molecule has 0 spiro atoms. The van der Waals surface area contributed by atoms with Crippen LogP contribution in [0, 0.1) is 11.8 Å². The first-order chi connectivity index (χ1) is 8.24. The predicted octanol–water partition coefficient (Wildman–Crippen LogP) is 5.05. The fraction of sp³-hybridized carbons (Fsp3) is 0.933. The van der Waals surface area contributed by atoms with Crippen LogP contribution in [0.3, 0.4) is 0 Å². The van der Waals surface area contributed by atoms with Crippen molar-refractivity contribution in [2.45, 2.75) is 77.6 Å². The van der Waals surface area contributed by atoms with Crippen molar-refractivity contribution in [1.82, 2.24) is 0 Å². The number of carboxylic acid groups (broad SMARTS) is 1. The average Bonchev–Trinajstić information content (AvgIpc) is 2.34. The quantitative estimate of drug-likeness (QED) is 0.630. The molecular formula is C15H29ClO2. The molecule has 0 aliphatic heterocycles. The number of halogens is 1. The summed E-state index contributed by atoms with van der Waals surface area (Å²) in [7, 11) is 0. The van der Waals surface area contributed by atoms with Gasteiger partial charge in [0.1, 0.15) is 0 Å². The molecule has 1 rings (SSSR count). The predicted molar refractivity (Wildman–Crippen MR) is 78.3 cm³/mol. The summed E-state index contributed by atoms with van der Waals surface area (Å²) in [5.41, 5.74) is 0. The summed E-state index contributed by atoms with van der Waals surface area (Å²) < 4.78 is 0. The first-order valence-corrected chi connectivity index (χ1v) is 7.46. The lowest BCUT2D eigenvalue weighted by Gasteiger charge is -2.25. The molecule has 0 atom stereocenters. The third-order valence-electron chi connectivity index (χ3n) is 4.16. The van der Waals surface area contributed by atoms with E-state index >= 15 is 0 Å². The fourth-order valence-electron chi connectivity index (χ4n) is 2.91. The number of hydrogen-bond donors (Lipinski definition) is 1. The molecule has 0 radical (unpaired) electrons. The summed E-state index contributed by atoms with van der Waals surface area (Å²) >= 11 is 0. The third kappa shape index (κ3) is 7.25. The summed E-state index contributed by atoms with van der Waals surface area (Å²) in [6, 6.07) is 0. The zero-order valence-electron chi connectivity index (χ0n) is 11.7. The van der Waals surface area contributed by atoms with Gasteiger partial charge in [-0.3, -0.25) is 4.79 Å². The Balaban J connectivity index is 0.00000289. The van der Waals surface area contributed by atoms with Crippen LogP contribution in [-0.4, -0.2) is 11.1 Å². The highest BCUT2D eigenvalue weighted by Gasteiger charge is 2.25. The van der Waals surface area contributed by atoms with Crippen molar-refractivity contribution < 1.29 is 9.90 Å². The smallest absolute Gasteiger partial charge is 0.306 e. The van der Waals surface area contributed by atoms with Crippen molar-refractivity contribution in [3.05, 3.63) is 0 Å². The van der Waals surface area contributed by atoms with Gasteiger partial charge < -0.3 is 5.11 Å². The van der Waals surface area contributed by atoms with E-state index in [-0.39, 0.29) is 18.3 Å². The zero-order chi connectivity index (χ0) is 12.5. The van der Waals surface area contributed by atoms with Gasteiger partial charge in [0.05, 0.1) is 5.92 Å². The SMILES string of the molecule is CCCCCCCCC1CCC(C(=O)O)CC1.Cl. The van der Waals surface area contributed by atoms with Gasteiger partial charge in [0.2, 0.25) is 0 Å².